The maximum absolute atomic E-state index is 13.1. The predicted octanol–water partition coefficient (Wildman–Crippen LogP) is 2.51. The molecule has 296 valence electrons. The molecule has 0 unspecified atom stereocenters. The van der Waals surface area contributed by atoms with Crippen LogP contribution in [0.3, 0.4) is 0 Å². The van der Waals surface area contributed by atoms with Gasteiger partial charge in [-0.25, -0.2) is 28.8 Å². The van der Waals surface area contributed by atoms with E-state index in [1.165, 1.54) is 0 Å². The lowest BCUT2D eigenvalue weighted by atomic mass is 9.92. The summed E-state index contributed by atoms with van der Waals surface area (Å²) >= 11 is 0. The van der Waals surface area contributed by atoms with Gasteiger partial charge in [0.05, 0.1) is 12.8 Å². The molecule has 55 heavy (non-hydrogen) atoms. The standard InChI is InChI=1S/C39H44O16/c1-8-30(40)48-19-38(20-49-31(41)9-2,21-50-32(42)10-3)25-54-36(46)17-28-15-14-27(7)29(16-28)18-37(47)55-26-39(22-51-33(43)11-4,23-52-34(44)12-5)24-53-35(45)13-6/h8-16H,1-6,17-26H2,7H3. The number of carbonyl (C=O) groups excluding carboxylic acids is 8. The predicted molar refractivity (Wildman–Crippen MR) is 192 cm³/mol. The van der Waals surface area contributed by atoms with Crippen LogP contribution in [0, 0.1) is 17.8 Å². The first-order chi connectivity index (χ1) is 26.1. The second kappa shape index (κ2) is 23.9. The largest absolute Gasteiger partial charge is 0.464 e. The molecule has 0 fully saturated rings. The van der Waals surface area contributed by atoms with Gasteiger partial charge in [0, 0.05) is 36.5 Å². The van der Waals surface area contributed by atoms with Crippen LogP contribution in [0.25, 0.3) is 0 Å². The maximum Gasteiger partial charge on any atom is 0.330 e. The Labute approximate surface area is 318 Å². The molecule has 0 aliphatic heterocycles. The number of ether oxygens (including phenoxy) is 8. The molecule has 0 spiro atoms. The topological polar surface area (TPSA) is 210 Å². The van der Waals surface area contributed by atoms with Crippen LogP contribution in [0.4, 0.5) is 0 Å². The lowest BCUT2D eigenvalue weighted by Gasteiger charge is -2.31. The minimum absolute atomic E-state index is 0.308. The number of hydrogen-bond donors (Lipinski definition) is 0. The molecule has 16 heteroatoms. The van der Waals surface area contributed by atoms with Crippen molar-refractivity contribution in [3.05, 3.63) is 111 Å². The molecule has 0 aliphatic carbocycles. The van der Waals surface area contributed by atoms with Gasteiger partial charge in [-0.15, -0.1) is 0 Å². The van der Waals surface area contributed by atoms with Crippen molar-refractivity contribution in [3.63, 3.8) is 0 Å². The molecule has 0 radical (unpaired) electrons. The van der Waals surface area contributed by atoms with E-state index >= 15 is 0 Å². The van der Waals surface area contributed by atoms with Gasteiger partial charge in [0.1, 0.15) is 63.7 Å². The molecular formula is C39H44O16. The number of aryl methyl sites for hydroxylation is 1. The summed E-state index contributed by atoms with van der Waals surface area (Å²) in [5, 5.41) is 0. The van der Waals surface area contributed by atoms with E-state index in [0.717, 1.165) is 36.5 Å². The van der Waals surface area contributed by atoms with Crippen molar-refractivity contribution in [2.24, 2.45) is 10.8 Å². The summed E-state index contributed by atoms with van der Waals surface area (Å²) in [6.45, 7) is 17.5. The van der Waals surface area contributed by atoms with Crippen LogP contribution in [-0.4, -0.2) is 101 Å². The zero-order valence-corrected chi connectivity index (χ0v) is 30.5. The number of rotatable bonds is 26. The molecule has 1 aromatic carbocycles. The molecule has 0 saturated carbocycles. The van der Waals surface area contributed by atoms with E-state index < -0.39 is 111 Å². The van der Waals surface area contributed by atoms with E-state index in [4.69, 9.17) is 37.9 Å². The second-order valence-electron chi connectivity index (χ2n) is 11.8. The lowest BCUT2D eigenvalue weighted by Crippen LogP contribution is -2.43. The minimum atomic E-state index is -1.54. The Morgan fingerprint density at radius 3 is 1.02 bits per heavy atom. The van der Waals surface area contributed by atoms with Crippen LogP contribution in [0.2, 0.25) is 0 Å². The summed E-state index contributed by atoms with van der Waals surface area (Å²) in [4.78, 5) is 97.3. The average Bonchev–Trinajstić information content (AvgIpc) is 3.19. The van der Waals surface area contributed by atoms with Gasteiger partial charge in [0.2, 0.25) is 0 Å². The van der Waals surface area contributed by atoms with Crippen LogP contribution >= 0.6 is 0 Å². The number of hydrogen-bond acceptors (Lipinski definition) is 16. The molecule has 0 saturated heterocycles. The van der Waals surface area contributed by atoms with E-state index in [2.05, 4.69) is 39.5 Å². The highest BCUT2D eigenvalue weighted by Gasteiger charge is 2.39. The molecule has 0 bridgehead atoms. The van der Waals surface area contributed by atoms with Crippen molar-refractivity contribution < 1.29 is 76.3 Å². The van der Waals surface area contributed by atoms with Gasteiger partial charge in [0.15, 0.2) is 0 Å². The monoisotopic (exact) mass is 768 g/mol. The number of carbonyl (C=O) groups is 8. The van der Waals surface area contributed by atoms with Gasteiger partial charge < -0.3 is 37.9 Å². The van der Waals surface area contributed by atoms with E-state index in [-0.39, 0.29) is 12.8 Å². The van der Waals surface area contributed by atoms with Gasteiger partial charge in [-0.3, -0.25) is 9.59 Å². The van der Waals surface area contributed by atoms with Gasteiger partial charge in [0.25, 0.3) is 0 Å². The van der Waals surface area contributed by atoms with Crippen LogP contribution in [-0.2, 0) is 89.1 Å². The first kappa shape index (κ1) is 46.4. The van der Waals surface area contributed by atoms with Gasteiger partial charge in [-0.1, -0.05) is 57.7 Å². The third kappa shape index (κ3) is 17.7. The summed E-state index contributed by atoms with van der Waals surface area (Å²) < 4.78 is 41.8. The maximum atomic E-state index is 13.1. The van der Waals surface area contributed by atoms with Crippen molar-refractivity contribution in [1.29, 1.82) is 0 Å². The van der Waals surface area contributed by atoms with Crippen LogP contribution in [0.1, 0.15) is 16.7 Å². The quantitative estimate of drug-likeness (QED) is 0.0753. The summed E-state index contributed by atoms with van der Waals surface area (Å²) in [5.74, 6) is -6.65. The summed E-state index contributed by atoms with van der Waals surface area (Å²) in [6, 6.07) is 4.82. The zero-order chi connectivity index (χ0) is 41.4. The van der Waals surface area contributed by atoms with E-state index in [1.54, 1.807) is 25.1 Å². The van der Waals surface area contributed by atoms with E-state index in [9.17, 15) is 38.4 Å². The second-order valence-corrected chi connectivity index (χ2v) is 11.8. The Kier molecular flexibility index (Phi) is 20.2. The number of esters is 8. The highest BCUT2D eigenvalue weighted by molar-refractivity contribution is 5.83. The molecule has 1 aromatic rings. The van der Waals surface area contributed by atoms with Crippen LogP contribution < -0.4 is 0 Å². The summed E-state index contributed by atoms with van der Waals surface area (Å²) in [6.07, 6.45) is 4.67. The molecule has 0 atom stereocenters. The SMILES string of the molecule is C=CC(=O)OCC(COC(=O)C=C)(COC(=O)C=C)COC(=O)Cc1ccc(C)c(CC(=O)OCC(COC(=O)C=C)(COC(=O)C=C)COC(=O)C=C)c1. The first-order valence-corrected chi connectivity index (χ1v) is 16.2. The van der Waals surface area contributed by atoms with Crippen molar-refractivity contribution in [2.75, 3.05) is 52.9 Å². The molecule has 0 heterocycles. The fourth-order valence-electron chi connectivity index (χ4n) is 4.12. The first-order valence-electron chi connectivity index (χ1n) is 16.2. The Hall–Kier alpha value is -6.58. The smallest absolute Gasteiger partial charge is 0.330 e. The van der Waals surface area contributed by atoms with Crippen molar-refractivity contribution >= 4 is 47.8 Å². The minimum Gasteiger partial charge on any atom is -0.464 e. The fourth-order valence-corrected chi connectivity index (χ4v) is 4.12. The molecule has 0 aliphatic rings. The molecule has 0 amide bonds. The van der Waals surface area contributed by atoms with Crippen LogP contribution in [0.5, 0.6) is 0 Å². The van der Waals surface area contributed by atoms with Gasteiger partial charge >= 0.3 is 47.8 Å². The molecular weight excluding hydrogens is 724 g/mol. The van der Waals surface area contributed by atoms with Crippen molar-refractivity contribution in [2.45, 2.75) is 19.8 Å². The third-order valence-corrected chi connectivity index (χ3v) is 7.30. The van der Waals surface area contributed by atoms with Gasteiger partial charge in [-0.2, -0.15) is 0 Å². The summed E-state index contributed by atoms with van der Waals surface area (Å²) in [7, 11) is 0. The molecule has 0 N–H and O–H groups in total. The highest BCUT2D eigenvalue weighted by atomic mass is 16.6. The van der Waals surface area contributed by atoms with Gasteiger partial charge in [-0.05, 0) is 23.6 Å². The summed E-state index contributed by atoms with van der Waals surface area (Å²) in [5.41, 5.74) is -1.57. The zero-order valence-electron chi connectivity index (χ0n) is 30.5. The van der Waals surface area contributed by atoms with E-state index in [1.807, 2.05) is 0 Å². The Bertz CT molecular complexity index is 1530. The number of benzene rings is 1. The molecule has 1 rings (SSSR count). The van der Waals surface area contributed by atoms with Crippen LogP contribution in [0.15, 0.2) is 94.1 Å². The third-order valence-electron chi connectivity index (χ3n) is 7.30. The normalized spacial score (nSPS) is 10.6. The Morgan fingerprint density at radius 2 is 0.727 bits per heavy atom. The average molecular weight is 769 g/mol. The highest BCUT2D eigenvalue weighted by Crippen LogP contribution is 2.24. The lowest BCUT2D eigenvalue weighted by molar-refractivity contribution is -0.168. The Morgan fingerprint density at radius 1 is 0.455 bits per heavy atom. The Balaban J connectivity index is 3.20. The van der Waals surface area contributed by atoms with E-state index in [0.29, 0.717) is 16.7 Å². The fraction of sp³-hybridized carbons (Fsp3) is 0.333. The van der Waals surface area contributed by atoms with Crippen molar-refractivity contribution in [1.82, 2.24) is 0 Å². The van der Waals surface area contributed by atoms with Crippen molar-refractivity contribution in [3.8, 4) is 0 Å². The molecule has 16 nitrogen and oxygen atoms in total. The molecule has 0 aromatic heterocycles.